The van der Waals surface area contributed by atoms with Gasteiger partial charge in [0.25, 0.3) is 0 Å². The van der Waals surface area contributed by atoms with E-state index in [0.29, 0.717) is 0 Å². The average molecular weight is 356 g/mol. The lowest BCUT2D eigenvalue weighted by molar-refractivity contribution is -0.149. The van der Waals surface area contributed by atoms with Crippen molar-refractivity contribution in [3.05, 3.63) is 41.5 Å². The molecule has 1 aromatic carbocycles. The van der Waals surface area contributed by atoms with Crippen molar-refractivity contribution in [3.8, 4) is 0 Å². The van der Waals surface area contributed by atoms with E-state index in [1.807, 2.05) is 0 Å². The molecular formula is C23H33NO2. The van der Waals surface area contributed by atoms with Gasteiger partial charge in [-0.05, 0) is 50.2 Å². The maximum atomic E-state index is 12.2. The number of carbonyl (C=O) groups excluding carboxylic acids is 1. The highest BCUT2D eigenvalue weighted by Gasteiger charge is 2.46. The second-order valence-corrected chi connectivity index (χ2v) is 7.94. The monoisotopic (exact) mass is 355 g/mol. The Morgan fingerprint density at radius 2 is 1.81 bits per heavy atom. The molecule has 2 heterocycles. The van der Waals surface area contributed by atoms with Crippen LogP contribution in [0.1, 0.15) is 64.9 Å². The van der Waals surface area contributed by atoms with Gasteiger partial charge in [-0.15, -0.1) is 0 Å². The van der Waals surface area contributed by atoms with Crippen LogP contribution < -0.4 is 0 Å². The number of cyclic esters (lactones) is 1. The minimum absolute atomic E-state index is 0.0369. The van der Waals surface area contributed by atoms with Crippen molar-refractivity contribution >= 4 is 11.5 Å². The predicted molar refractivity (Wildman–Crippen MR) is 107 cm³/mol. The van der Waals surface area contributed by atoms with Gasteiger partial charge in [-0.25, -0.2) is 0 Å². The van der Waals surface area contributed by atoms with E-state index >= 15 is 0 Å². The van der Waals surface area contributed by atoms with Crippen molar-refractivity contribution in [3.63, 3.8) is 0 Å². The van der Waals surface area contributed by atoms with Crippen LogP contribution in [0.3, 0.4) is 0 Å². The summed E-state index contributed by atoms with van der Waals surface area (Å²) < 4.78 is 5.69. The summed E-state index contributed by atoms with van der Waals surface area (Å²) in [6, 6.07) is 10.7. The smallest absolute Gasteiger partial charge is 0.312 e. The van der Waals surface area contributed by atoms with E-state index in [4.69, 9.17) is 4.74 Å². The van der Waals surface area contributed by atoms with Crippen LogP contribution in [0.2, 0.25) is 0 Å². The number of ether oxygens (including phenoxy) is 1. The lowest BCUT2D eigenvalue weighted by Crippen LogP contribution is -2.33. The molecule has 3 nitrogen and oxygen atoms in total. The van der Waals surface area contributed by atoms with Crippen LogP contribution in [-0.2, 0) is 9.53 Å². The molecule has 0 bridgehead atoms. The molecule has 2 aliphatic heterocycles. The molecule has 1 atom stereocenters. The number of benzene rings is 1. The predicted octanol–water partition coefficient (Wildman–Crippen LogP) is 5.07. The van der Waals surface area contributed by atoms with E-state index in [1.54, 1.807) is 5.57 Å². The van der Waals surface area contributed by atoms with E-state index < -0.39 is 0 Å². The zero-order valence-electron chi connectivity index (χ0n) is 16.6. The fourth-order valence-corrected chi connectivity index (χ4v) is 4.47. The summed E-state index contributed by atoms with van der Waals surface area (Å²) >= 11 is 0. The number of nitrogens with zero attached hydrogens (tertiary/aromatic N) is 1. The third-order valence-corrected chi connectivity index (χ3v) is 6.64. The average Bonchev–Trinajstić information content (AvgIpc) is 3.03. The summed E-state index contributed by atoms with van der Waals surface area (Å²) in [5.41, 5.74) is 4.18. The van der Waals surface area contributed by atoms with Crippen molar-refractivity contribution in [2.24, 2.45) is 5.41 Å². The molecule has 2 aliphatic rings. The molecule has 3 heteroatoms. The van der Waals surface area contributed by atoms with Crippen LogP contribution in [0.25, 0.3) is 5.57 Å². The van der Waals surface area contributed by atoms with Crippen LogP contribution in [-0.4, -0.2) is 36.6 Å². The van der Waals surface area contributed by atoms with Gasteiger partial charge in [0.1, 0.15) is 6.10 Å². The van der Waals surface area contributed by atoms with Crippen molar-refractivity contribution in [2.75, 3.05) is 19.6 Å². The van der Waals surface area contributed by atoms with E-state index in [1.165, 1.54) is 11.1 Å². The molecule has 1 unspecified atom stereocenters. The number of rotatable bonds is 6. The minimum Gasteiger partial charge on any atom is -0.462 e. The Bertz CT molecular complexity index is 635. The summed E-state index contributed by atoms with van der Waals surface area (Å²) in [7, 11) is 0. The Kier molecular flexibility index (Phi) is 6.18. The third kappa shape index (κ3) is 4.03. The zero-order valence-corrected chi connectivity index (χ0v) is 16.6. The molecule has 0 amide bonds. The number of likely N-dealkylation sites (tertiary alicyclic amines) is 1. The number of hydrogen-bond acceptors (Lipinski definition) is 3. The Hall–Kier alpha value is -1.61. The summed E-state index contributed by atoms with van der Waals surface area (Å²) in [6.45, 7) is 9.76. The maximum Gasteiger partial charge on any atom is 0.312 e. The second kappa shape index (κ2) is 8.39. The molecule has 26 heavy (non-hydrogen) atoms. The van der Waals surface area contributed by atoms with E-state index in [2.05, 4.69) is 56.0 Å². The Balaban J connectivity index is 1.49. The third-order valence-electron chi connectivity index (χ3n) is 6.64. The van der Waals surface area contributed by atoms with Gasteiger partial charge in [0.2, 0.25) is 0 Å². The first-order chi connectivity index (χ1) is 12.6. The Morgan fingerprint density at radius 1 is 1.15 bits per heavy atom. The molecule has 0 aromatic heterocycles. The fourth-order valence-electron chi connectivity index (χ4n) is 4.47. The molecule has 2 saturated heterocycles. The molecule has 0 aliphatic carbocycles. The summed E-state index contributed by atoms with van der Waals surface area (Å²) in [6.07, 6.45) is 6.10. The van der Waals surface area contributed by atoms with Crippen LogP contribution in [0, 0.1) is 5.41 Å². The molecule has 0 radical (unpaired) electrons. The normalized spacial score (nSPS) is 23.1. The van der Waals surface area contributed by atoms with Crippen molar-refractivity contribution < 1.29 is 9.53 Å². The molecule has 0 N–H and O–H groups in total. The summed E-state index contributed by atoms with van der Waals surface area (Å²) in [4.78, 5) is 14.8. The van der Waals surface area contributed by atoms with Crippen molar-refractivity contribution in [2.45, 2.75) is 65.4 Å². The Morgan fingerprint density at radius 3 is 2.38 bits per heavy atom. The van der Waals surface area contributed by atoms with Gasteiger partial charge < -0.3 is 9.64 Å². The lowest BCUT2D eigenvalue weighted by atomic mass is 9.79. The van der Waals surface area contributed by atoms with Crippen molar-refractivity contribution in [1.29, 1.82) is 0 Å². The van der Waals surface area contributed by atoms with Gasteiger partial charge in [0, 0.05) is 26.1 Å². The van der Waals surface area contributed by atoms with Crippen LogP contribution in [0.5, 0.6) is 0 Å². The Labute approximate surface area is 158 Å². The number of esters is 1. The van der Waals surface area contributed by atoms with Gasteiger partial charge in [0.15, 0.2) is 0 Å². The van der Waals surface area contributed by atoms with Crippen LogP contribution in [0.15, 0.2) is 35.9 Å². The molecule has 0 spiro atoms. The number of carbonyl (C=O) groups is 1. The summed E-state index contributed by atoms with van der Waals surface area (Å²) in [5.74, 6) is 0.0369. The second-order valence-electron chi connectivity index (χ2n) is 7.94. The minimum atomic E-state index is -0.213. The number of allylic oxidation sites excluding steroid dienone is 1. The van der Waals surface area contributed by atoms with Gasteiger partial charge in [-0.3, -0.25) is 4.79 Å². The molecular weight excluding hydrogens is 322 g/mol. The van der Waals surface area contributed by atoms with Gasteiger partial charge in [-0.2, -0.15) is 0 Å². The van der Waals surface area contributed by atoms with Crippen LogP contribution in [0.4, 0.5) is 0 Å². The van der Waals surface area contributed by atoms with Gasteiger partial charge >= 0.3 is 5.97 Å². The van der Waals surface area contributed by atoms with E-state index in [9.17, 15) is 4.79 Å². The van der Waals surface area contributed by atoms with E-state index in [0.717, 1.165) is 58.2 Å². The van der Waals surface area contributed by atoms with Crippen molar-refractivity contribution in [1.82, 2.24) is 4.90 Å². The zero-order chi connectivity index (χ0) is 18.6. The van der Waals surface area contributed by atoms with Crippen LogP contribution >= 0.6 is 0 Å². The highest BCUT2D eigenvalue weighted by atomic mass is 16.6. The topological polar surface area (TPSA) is 29.5 Å². The highest BCUT2D eigenvalue weighted by molar-refractivity contribution is 5.78. The number of hydrogen-bond donors (Lipinski definition) is 0. The molecule has 0 saturated carbocycles. The molecule has 2 fully saturated rings. The van der Waals surface area contributed by atoms with E-state index in [-0.39, 0.29) is 17.5 Å². The molecule has 142 valence electrons. The largest absolute Gasteiger partial charge is 0.462 e. The number of piperidine rings is 1. The fraction of sp³-hybridized carbons (Fsp3) is 0.609. The first-order valence-electron chi connectivity index (χ1n) is 10.3. The SMILES string of the molecule is CCC1(CC)CC(CCN2CCC(=C(C)c3ccccc3)CC2)OC1=O. The van der Waals surface area contributed by atoms with Gasteiger partial charge in [0.05, 0.1) is 5.41 Å². The first-order valence-corrected chi connectivity index (χ1v) is 10.3. The molecule has 1 aromatic rings. The standard InChI is InChI=1S/C23H33NO2/c1-4-23(5-2)17-21(26-22(23)25)13-16-24-14-11-20(12-15-24)18(3)19-9-7-6-8-10-19/h6-10,21H,4-5,11-17H2,1-3H3. The summed E-state index contributed by atoms with van der Waals surface area (Å²) in [5, 5.41) is 0. The quantitative estimate of drug-likeness (QED) is 0.667. The lowest BCUT2D eigenvalue weighted by Gasteiger charge is -2.30. The molecule has 3 rings (SSSR count). The highest BCUT2D eigenvalue weighted by Crippen LogP contribution is 2.41. The first kappa shape index (κ1) is 19.2. The maximum absolute atomic E-state index is 12.2. The van der Waals surface area contributed by atoms with Gasteiger partial charge in [-0.1, -0.05) is 49.8 Å².